The van der Waals surface area contributed by atoms with Gasteiger partial charge in [-0.25, -0.2) is 4.79 Å². The molecule has 0 aliphatic rings. The maximum atomic E-state index is 12.2. The molecule has 1 heterocycles. The summed E-state index contributed by atoms with van der Waals surface area (Å²) in [6.45, 7) is 0.841. The van der Waals surface area contributed by atoms with Crippen molar-refractivity contribution in [2.45, 2.75) is 6.54 Å². The van der Waals surface area contributed by atoms with E-state index < -0.39 is 5.97 Å². The Labute approximate surface area is 145 Å². The van der Waals surface area contributed by atoms with Gasteiger partial charge in [0.2, 0.25) is 5.91 Å². The highest BCUT2D eigenvalue weighted by atomic mass is 32.1. The summed E-state index contributed by atoms with van der Waals surface area (Å²) in [5, 5.41) is 4.49. The molecule has 7 heteroatoms. The smallest absolute Gasteiger partial charge is 0.350 e. The molecule has 0 radical (unpaired) electrons. The van der Waals surface area contributed by atoms with Gasteiger partial charge in [0.25, 0.3) is 0 Å². The number of nitrogens with zero attached hydrogens (tertiary/aromatic N) is 1. The highest BCUT2D eigenvalue weighted by molar-refractivity contribution is 7.12. The van der Waals surface area contributed by atoms with Gasteiger partial charge in [-0.3, -0.25) is 9.69 Å². The minimum Gasteiger partial charge on any atom is -0.497 e. The minimum absolute atomic E-state index is 0.186. The summed E-state index contributed by atoms with van der Waals surface area (Å²) in [6.07, 6.45) is 0. The lowest BCUT2D eigenvalue weighted by Gasteiger charge is -2.16. The Hall–Kier alpha value is -2.38. The van der Waals surface area contributed by atoms with Gasteiger partial charge in [-0.15, -0.1) is 11.3 Å². The second-order valence-corrected chi connectivity index (χ2v) is 6.14. The second kappa shape index (κ2) is 8.47. The summed E-state index contributed by atoms with van der Waals surface area (Å²) in [4.78, 5) is 26.0. The van der Waals surface area contributed by atoms with Gasteiger partial charge >= 0.3 is 5.97 Å². The molecule has 0 fully saturated rings. The van der Waals surface area contributed by atoms with Gasteiger partial charge < -0.3 is 14.8 Å². The molecule has 0 spiro atoms. The van der Waals surface area contributed by atoms with E-state index in [2.05, 4.69) is 5.32 Å². The first-order chi connectivity index (χ1) is 11.5. The average molecular weight is 348 g/mol. The van der Waals surface area contributed by atoms with Crippen LogP contribution in [0.15, 0.2) is 35.7 Å². The van der Waals surface area contributed by atoms with Crippen LogP contribution in [0.1, 0.15) is 15.2 Å². The van der Waals surface area contributed by atoms with Crippen LogP contribution in [0.3, 0.4) is 0 Å². The molecule has 24 heavy (non-hydrogen) atoms. The van der Waals surface area contributed by atoms with E-state index >= 15 is 0 Å². The van der Waals surface area contributed by atoms with Crippen molar-refractivity contribution in [2.75, 3.05) is 33.1 Å². The fourth-order valence-corrected chi connectivity index (χ4v) is 2.96. The van der Waals surface area contributed by atoms with Crippen molar-refractivity contribution >= 4 is 28.9 Å². The first-order valence-corrected chi connectivity index (χ1v) is 8.18. The van der Waals surface area contributed by atoms with Crippen LogP contribution in [0, 0.1) is 0 Å². The normalized spacial score (nSPS) is 10.5. The van der Waals surface area contributed by atoms with E-state index in [1.165, 1.54) is 18.4 Å². The first kappa shape index (κ1) is 18.0. The number of thiophene rings is 1. The van der Waals surface area contributed by atoms with Crippen molar-refractivity contribution in [3.63, 3.8) is 0 Å². The molecular formula is C17H20N2O4S. The summed E-state index contributed by atoms with van der Waals surface area (Å²) < 4.78 is 9.82. The molecule has 0 aliphatic heterocycles. The molecule has 1 aromatic heterocycles. The predicted molar refractivity (Wildman–Crippen MR) is 93.6 cm³/mol. The molecule has 1 amide bonds. The third-order valence-electron chi connectivity index (χ3n) is 3.34. The van der Waals surface area contributed by atoms with E-state index in [-0.39, 0.29) is 12.5 Å². The van der Waals surface area contributed by atoms with Crippen LogP contribution in [0.25, 0.3) is 0 Å². The van der Waals surface area contributed by atoms with E-state index in [1.54, 1.807) is 18.6 Å². The maximum absolute atomic E-state index is 12.2. The third kappa shape index (κ3) is 4.81. The molecule has 2 rings (SSSR count). The molecule has 0 saturated heterocycles. The molecule has 0 unspecified atom stereocenters. The van der Waals surface area contributed by atoms with Gasteiger partial charge in [0.15, 0.2) is 0 Å². The quantitative estimate of drug-likeness (QED) is 0.779. The minimum atomic E-state index is -0.452. The molecule has 128 valence electrons. The number of ether oxygens (including phenoxy) is 2. The van der Waals surface area contributed by atoms with Crippen molar-refractivity contribution in [1.29, 1.82) is 0 Å². The summed E-state index contributed by atoms with van der Waals surface area (Å²) in [5.41, 5.74) is 1.56. The number of nitrogens with one attached hydrogen (secondary N) is 1. The lowest BCUT2D eigenvalue weighted by Crippen LogP contribution is -2.30. The molecule has 0 bridgehead atoms. The monoisotopic (exact) mass is 348 g/mol. The molecular weight excluding hydrogens is 328 g/mol. The number of methoxy groups -OCH3 is 2. The molecule has 1 N–H and O–H groups in total. The van der Waals surface area contributed by atoms with E-state index in [1.807, 2.05) is 36.2 Å². The first-order valence-electron chi connectivity index (χ1n) is 7.30. The highest BCUT2D eigenvalue weighted by Crippen LogP contribution is 2.23. The van der Waals surface area contributed by atoms with Crippen LogP contribution in [-0.2, 0) is 16.1 Å². The molecule has 0 atom stereocenters. The summed E-state index contributed by atoms with van der Waals surface area (Å²) >= 11 is 1.23. The lowest BCUT2D eigenvalue weighted by atomic mass is 10.2. The zero-order valence-electron chi connectivity index (χ0n) is 13.9. The zero-order chi connectivity index (χ0) is 17.5. The van der Waals surface area contributed by atoms with Crippen LogP contribution in [-0.4, -0.2) is 44.6 Å². The van der Waals surface area contributed by atoms with Crippen molar-refractivity contribution in [2.24, 2.45) is 0 Å². The summed E-state index contributed by atoms with van der Waals surface area (Å²) in [7, 11) is 4.80. The van der Waals surface area contributed by atoms with E-state index in [0.717, 1.165) is 11.3 Å². The van der Waals surface area contributed by atoms with Gasteiger partial charge in [-0.1, -0.05) is 12.1 Å². The Morgan fingerprint density at radius 3 is 2.50 bits per heavy atom. The average Bonchev–Trinajstić information content (AvgIpc) is 3.02. The Kier molecular flexibility index (Phi) is 6.34. The number of rotatable bonds is 7. The van der Waals surface area contributed by atoms with Gasteiger partial charge in [0.05, 0.1) is 26.5 Å². The van der Waals surface area contributed by atoms with Gasteiger partial charge in [0, 0.05) is 6.54 Å². The SMILES string of the molecule is COC(=O)c1sccc1NC(=O)CN(C)Cc1ccc(OC)cc1. The molecule has 6 nitrogen and oxygen atoms in total. The third-order valence-corrected chi connectivity index (χ3v) is 4.23. The van der Waals surface area contributed by atoms with E-state index in [4.69, 9.17) is 9.47 Å². The summed E-state index contributed by atoms with van der Waals surface area (Å²) in [6, 6.07) is 9.38. The number of anilines is 1. The Bertz CT molecular complexity index is 697. The fraction of sp³-hybridized carbons (Fsp3) is 0.294. The van der Waals surface area contributed by atoms with Crippen LogP contribution < -0.4 is 10.1 Å². The molecule has 1 aromatic carbocycles. The Morgan fingerprint density at radius 2 is 1.88 bits per heavy atom. The molecule has 2 aromatic rings. The van der Waals surface area contributed by atoms with Crippen LogP contribution in [0.5, 0.6) is 5.75 Å². The number of hydrogen-bond acceptors (Lipinski definition) is 6. The summed E-state index contributed by atoms with van der Waals surface area (Å²) in [5.74, 6) is 0.161. The van der Waals surface area contributed by atoms with Crippen LogP contribution >= 0.6 is 11.3 Å². The maximum Gasteiger partial charge on any atom is 0.350 e. The van der Waals surface area contributed by atoms with Crippen molar-refractivity contribution in [1.82, 2.24) is 4.90 Å². The zero-order valence-corrected chi connectivity index (χ0v) is 14.7. The van der Waals surface area contributed by atoms with Gasteiger partial charge in [0.1, 0.15) is 10.6 Å². The number of amides is 1. The largest absolute Gasteiger partial charge is 0.497 e. The van der Waals surface area contributed by atoms with Crippen LogP contribution in [0.4, 0.5) is 5.69 Å². The number of carbonyl (C=O) groups excluding carboxylic acids is 2. The van der Waals surface area contributed by atoms with Crippen LogP contribution in [0.2, 0.25) is 0 Å². The Morgan fingerprint density at radius 1 is 1.17 bits per heavy atom. The number of carbonyl (C=O) groups is 2. The Balaban J connectivity index is 1.89. The number of esters is 1. The second-order valence-electron chi connectivity index (χ2n) is 5.22. The topological polar surface area (TPSA) is 67.9 Å². The van der Waals surface area contributed by atoms with Gasteiger partial charge in [-0.05, 0) is 36.2 Å². The standard InChI is InChI=1S/C17H20N2O4S/c1-19(10-12-4-6-13(22-2)7-5-12)11-15(20)18-14-8-9-24-16(14)17(21)23-3/h4-9H,10-11H2,1-3H3,(H,18,20). The molecule has 0 saturated carbocycles. The molecule has 0 aliphatic carbocycles. The van der Waals surface area contributed by atoms with Crippen molar-refractivity contribution in [3.05, 3.63) is 46.2 Å². The number of hydrogen-bond donors (Lipinski definition) is 1. The van der Waals surface area contributed by atoms with Gasteiger partial charge in [-0.2, -0.15) is 0 Å². The van der Waals surface area contributed by atoms with E-state index in [0.29, 0.717) is 17.1 Å². The van der Waals surface area contributed by atoms with Crippen molar-refractivity contribution in [3.8, 4) is 5.75 Å². The highest BCUT2D eigenvalue weighted by Gasteiger charge is 2.16. The van der Waals surface area contributed by atoms with E-state index in [9.17, 15) is 9.59 Å². The van der Waals surface area contributed by atoms with Crippen molar-refractivity contribution < 1.29 is 19.1 Å². The number of benzene rings is 1. The predicted octanol–water partition coefficient (Wildman–Crippen LogP) is 2.61. The lowest BCUT2D eigenvalue weighted by molar-refractivity contribution is -0.117. The number of likely N-dealkylation sites (N-methyl/N-ethyl adjacent to an activating group) is 1. The fourth-order valence-electron chi connectivity index (χ4n) is 2.19.